The smallest absolute Gasteiger partial charge is 0.165 e. The zero-order valence-corrected chi connectivity index (χ0v) is 7.83. The fourth-order valence-electron chi connectivity index (χ4n) is 1.03. The van der Waals surface area contributed by atoms with Crippen LogP contribution in [0, 0.1) is 17.1 Å². The molecule has 0 saturated heterocycles. The molecule has 0 amide bonds. The molecule has 1 rings (SSSR count). The van der Waals surface area contributed by atoms with Crippen LogP contribution >= 0.6 is 0 Å². The lowest BCUT2D eigenvalue weighted by molar-refractivity contribution is 0.386. The van der Waals surface area contributed by atoms with E-state index in [0.29, 0.717) is 6.42 Å². The largest absolute Gasteiger partial charge is 0.494 e. The molecule has 1 aromatic carbocycles. The van der Waals surface area contributed by atoms with Gasteiger partial charge in [-0.25, -0.2) is 4.39 Å². The summed E-state index contributed by atoms with van der Waals surface area (Å²) in [7, 11) is 1.42. The van der Waals surface area contributed by atoms with Crippen LogP contribution in [0.5, 0.6) is 5.75 Å². The average molecular weight is 191 g/mol. The van der Waals surface area contributed by atoms with E-state index in [1.807, 2.05) is 6.07 Å². The summed E-state index contributed by atoms with van der Waals surface area (Å²) in [4.78, 5) is 0. The Labute approximate surface area is 82.2 Å². The summed E-state index contributed by atoms with van der Waals surface area (Å²) >= 11 is 0. The number of benzene rings is 1. The van der Waals surface area contributed by atoms with Crippen molar-refractivity contribution in [3.05, 3.63) is 35.7 Å². The lowest BCUT2D eigenvalue weighted by Gasteiger charge is -2.01. The molecule has 3 heteroatoms. The second kappa shape index (κ2) is 5.03. The van der Waals surface area contributed by atoms with E-state index < -0.39 is 5.82 Å². The molecule has 0 unspecified atom stereocenters. The van der Waals surface area contributed by atoms with Gasteiger partial charge in [0.25, 0.3) is 0 Å². The molecule has 0 heterocycles. The van der Waals surface area contributed by atoms with Crippen LogP contribution in [0.2, 0.25) is 0 Å². The monoisotopic (exact) mass is 191 g/mol. The summed E-state index contributed by atoms with van der Waals surface area (Å²) in [6.45, 7) is 0. The van der Waals surface area contributed by atoms with Crippen molar-refractivity contribution in [1.82, 2.24) is 0 Å². The quantitative estimate of drug-likeness (QED) is 0.735. The second-order valence-corrected chi connectivity index (χ2v) is 2.66. The van der Waals surface area contributed by atoms with Gasteiger partial charge >= 0.3 is 0 Å². The van der Waals surface area contributed by atoms with Crippen LogP contribution in [0.15, 0.2) is 24.3 Å². The Kier molecular flexibility index (Phi) is 3.69. The maximum Gasteiger partial charge on any atom is 0.165 e. The highest BCUT2D eigenvalue weighted by Crippen LogP contribution is 2.18. The first-order valence-corrected chi connectivity index (χ1v) is 4.15. The molecule has 0 fully saturated rings. The minimum Gasteiger partial charge on any atom is -0.494 e. The van der Waals surface area contributed by atoms with E-state index >= 15 is 0 Å². The highest BCUT2D eigenvalue weighted by molar-refractivity contribution is 5.51. The molecule has 0 aliphatic carbocycles. The number of ether oxygens (including phenoxy) is 1. The third-order valence-corrected chi connectivity index (χ3v) is 1.70. The predicted octanol–water partition coefficient (Wildman–Crippen LogP) is 2.76. The predicted molar refractivity (Wildman–Crippen MR) is 52.2 cm³/mol. The molecular weight excluding hydrogens is 181 g/mol. The second-order valence-electron chi connectivity index (χ2n) is 2.66. The van der Waals surface area contributed by atoms with Crippen LogP contribution in [0.1, 0.15) is 12.0 Å². The van der Waals surface area contributed by atoms with Gasteiger partial charge in [0.15, 0.2) is 11.6 Å². The Morgan fingerprint density at radius 2 is 2.36 bits per heavy atom. The molecule has 0 aromatic heterocycles. The van der Waals surface area contributed by atoms with Crippen LogP contribution in [0.4, 0.5) is 4.39 Å². The minimum absolute atomic E-state index is 0.224. The van der Waals surface area contributed by atoms with Crippen molar-refractivity contribution in [1.29, 1.82) is 5.26 Å². The van der Waals surface area contributed by atoms with Gasteiger partial charge in [-0.2, -0.15) is 5.26 Å². The van der Waals surface area contributed by atoms with Crippen molar-refractivity contribution >= 4 is 6.08 Å². The Balaban J connectivity index is 2.82. The minimum atomic E-state index is -0.397. The Morgan fingerprint density at radius 3 is 2.93 bits per heavy atom. The van der Waals surface area contributed by atoms with E-state index in [1.54, 1.807) is 24.3 Å². The Morgan fingerprint density at radius 1 is 1.57 bits per heavy atom. The molecule has 0 bridgehead atoms. The number of methoxy groups -OCH3 is 1. The summed E-state index contributed by atoms with van der Waals surface area (Å²) < 4.78 is 17.9. The molecule has 0 radical (unpaired) electrons. The summed E-state index contributed by atoms with van der Waals surface area (Å²) in [6.07, 6.45) is 3.71. The molecule has 0 atom stereocenters. The summed E-state index contributed by atoms with van der Waals surface area (Å²) in [5.74, 6) is -0.172. The molecule has 0 N–H and O–H groups in total. The van der Waals surface area contributed by atoms with Crippen molar-refractivity contribution in [2.24, 2.45) is 0 Å². The molecule has 72 valence electrons. The first-order valence-electron chi connectivity index (χ1n) is 4.15. The highest BCUT2D eigenvalue weighted by Gasteiger charge is 2.00. The third-order valence-electron chi connectivity index (χ3n) is 1.70. The number of rotatable bonds is 3. The van der Waals surface area contributed by atoms with Crippen LogP contribution in [-0.4, -0.2) is 7.11 Å². The van der Waals surface area contributed by atoms with E-state index in [2.05, 4.69) is 0 Å². The van der Waals surface area contributed by atoms with Gasteiger partial charge < -0.3 is 4.74 Å². The fraction of sp³-hybridized carbons (Fsp3) is 0.182. The van der Waals surface area contributed by atoms with Crippen molar-refractivity contribution < 1.29 is 9.13 Å². The number of allylic oxidation sites excluding steroid dienone is 1. The molecule has 0 aliphatic heterocycles. The van der Waals surface area contributed by atoms with Crippen LogP contribution in [-0.2, 0) is 0 Å². The molecule has 14 heavy (non-hydrogen) atoms. The molecule has 2 nitrogen and oxygen atoms in total. The van der Waals surface area contributed by atoms with E-state index in [0.717, 1.165) is 5.56 Å². The van der Waals surface area contributed by atoms with E-state index in [1.165, 1.54) is 13.2 Å². The lowest BCUT2D eigenvalue weighted by atomic mass is 10.2. The van der Waals surface area contributed by atoms with E-state index in [-0.39, 0.29) is 5.75 Å². The first kappa shape index (κ1) is 10.3. The van der Waals surface area contributed by atoms with Gasteiger partial charge in [-0.05, 0) is 17.7 Å². The number of hydrogen-bond donors (Lipinski definition) is 0. The first-order chi connectivity index (χ1) is 6.77. The third kappa shape index (κ3) is 2.60. The van der Waals surface area contributed by atoms with Gasteiger partial charge in [0, 0.05) is 0 Å². The summed E-state index contributed by atoms with van der Waals surface area (Å²) in [6, 6.07) is 6.63. The van der Waals surface area contributed by atoms with Gasteiger partial charge in [-0.3, -0.25) is 0 Å². The van der Waals surface area contributed by atoms with E-state index in [4.69, 9.17) is 10.00 Å². The van der Waals surface area contributed by atoms with Crippen molar-refractivity contribution in [2.75, 3.05) is 7.11 Å². The number of halogens is 1. The summed E-state index contributed by atoms with van der Waals surface area (Å²) in [5, 5.41) is 8.29. The molecule has 0 spiro atoms. The maximum absolute atomic E-state index is 13.1. The standard InChI is InChI=1S/C11H10FNO/c1-14-11-6-5-9(8-10(11)12)4-2-3-7-13/h2,4-6,8H,3H2,1H3/b4-2+. The van der Waals surface area contributed by atoms with Crippen molar-refractivity contribution in [2.45, 2.75) is 6.42 Å². The normalized spacial score (nSPS) is 10.1. The van der Waals surface area contributed by atoms with Gasteiger partial charge in [-0.15, -0.1) is 0 Å². The highest BCUT2D eigenvalue weighted by atomic mass is 19.1. The maximum atomic E-state index is 13.1. The molecular formula is C11H10FNO. The van der Waals surface area contributed by atoms with Gasteiger partial charge in [0.2, 0.25) is 0 Å². The molecule has 0 saturated carbocycles. The molecule has 1 aromatic rings. The van der Waals surface area contributed by atoms with Crippen LogP contribution in [0.25, 0.3) is 6.08 Å². The van der Waals surface area contributed by atoms with Gasteiger partial charge in [0.1, 0.15) is 0 Å². The van der Waals surface area contributed by atoms with Crippen molar-refractivity contribution in [3.8, 4) is 11.8 Å². The lowest BCUT2D eigenvalue weighted by Crippen LogP contribution is -1.87. The number of nitriles is 1. The van der Waals surface area contributed by atoms with Crippen LogP contribution in [0.3, 0.4) is 0 Å². The average Bonchev–Trinajstić information content (AvgIpc) is 2.18. The zero-order valence-electron chi connectivity index (χ0n) is 7.83. The van der Waals surface area contributed by atoms with Crippen molar-refractivity contribution in [3.63, 3.8) is 0 Å². The zero-order chi connectivity index (χ0) is 10.4. The Bertz CT molecular complexity index is 379. The van der Waals surface area contributed by atoms with Gasteiger partial charge in [0.05, 0.1) is 19.6 Å². The molecule has 0 aliphatic rings. The summed E-state index contributed by atoms with van der Waals surface area (Å²) in [5.41, 5.74) is 0.721. The van der Waals surface area contributed by atoms with E-state index in [9.17, 15) is 4.39 Å². The van der Waals surface area contributed by atoms with Crippen LogP contribution < -0.4 is 4.74 Å². The number of hydrogen-bond acceptors (Lipinski definition) is 2. The Hall–Kier alpha value is -1.82. The topological polar surface area (TPSA) is 33.0 Å². The number of nitrogens with zero attached hydrogens (tertiary/aromatic N) is 1. The van der Waals surface area contributed by atoms with Gasteiger partial charge in [-0.1, -0.05) is 18.2 Å². The fourth-order valence-corrected chi connectivity index (χ4v) is 1.03. The SMILES string of the molecule is COc1ccc(/C=C/CC#N)cc1F.